The molecule has 2 heterocycles. The minimum Gasteiger partial charge on any atom is -0.480 e. The molecule has 0 fully saturated rings. The molecule has 1 amide bonds. The Morgan fingerprint density at radius 2 is 1.89 bits per heavy atom. The summed E-state index contributed by atoms with van der Waals surface area (Å²) in [6, 6.07) is 21.0. The van der Waals surface area contributed by atoms with Crippen molar-refractivity contribution in [3.05, 3.63) is 107 Å². The van der Waals surface area contributed by atoms with Gasteiger partial charge in [-0.15, -0.1) is 0 Å². The molecule has 0 aliphatic heterocycles. The number of para-hydroxylation sites is 1. The monoisotopic (exact) mass is 525 g/mol. The number of hydrogen-bond acceptors (Lipinski definition) is 4. The predicted molar refractivity (Wildman–Crippen MR) is 149 cm³/mol. The van der Waals surface area contributed by atoms with E-state index in [0.29, 0.717) is 22.0 Å². The van der Waals surface area contributed by atoms with E-state index >= 15 is 0 Å². The maximum Gasteiger partial charge on any atom is 0.326 e. The molecule has 5 aromatic rings. The number of carbonyl (C=O) groups is 2. The van der Waals surface area contributed by atoms with Gasteiger partial charge in [0.1, 0.15) is 6.04 Å². The number of anilines is 1. The molecular weight excluding hydrogens is 502 g/mol. The fourth-order valence-corrected chi connectivity index (χ4v) is 4.42. The van der Waals surface area contributed by atoms with Crippen LogP contribution in [0.4, 0.5) is 5.69 Å². The molecule has 38 heavy (non-hydrogen) atoms. The second kappa shape index (κ2) is 10.7. The van der Waals surface area contributed by atoms with E-state index in [1.54, 1.807) is 47.4 Å². The Labute approximate surface area is 223 Å². The van der Waals surface area contributed by atoms with E-state index in [1.807, 2.05) is 48.5 Å². The molecule has 0 spiro atoms. The maximum absolute atomic E-state index is 12.8. The van der Waals surface area contributed by atoms with Crippen LogP contribution >= 0.6 is 11.6 Å². The van der Waals surface area contributed by atoms with Crippen LogP contribution in [0.15, 0.2) is 91.3 Å². The molecule has 0 saturated heterocycles. The van der Waals surface area contributed by atoms with Gasteiger partial charge in [-0.1, -0.05) is 48.0 Å². The van der Waals surface area contributed by atoms with Crippen molar-refractivity contribution in [2.45, 2.75) is 12.5 Å². The Morgan fingerprint density at radius 3 is 2.66 bits per heavy atom. The van der Waals surface area contributed by atoms with Crippen LogP contribution in [0.3, 0.4) is 0 Å². The fourth-order valence-electron chi connectivity index (χ4n) is 4.23. The normalized spacial score (nSPS) is 12.1. The molecule has 0 bridgehead atoms. The molecule has 0 radical (unpaired) electrons. The van der Waals surface area contributed by atoms with Crippen LogP contribution in [-0.2, 0) is 16.0 Å². The fraction of sp³-hybridized carbons (Fsp3) is 0.0690. The van der Waals surface area contributed by atoms with Gasteiger partial charge < -0.3 is 21.1 Å². The molecule has 5 N–H and O–H groups in total. The molecule has 1 unspecified atom stereocenters. The molecule has 1 atom stereocenters. The molecule has 0 aliphatic rings. The zero-order valence-electron chi connectivity index (χ0n) is 20.1. The number of aromatic amines is 1. The maximum atomic E-state index is 12.8. The summed E-state index contributed by atoms with van der Waals surface area (Å²) >= 11 is 6.16. The summed E-state index contributed by atoms with van der Waals surface area (Å²) in [5.41, 5.74) is 11.0. The molecule has 5 rings (SSSR count). The van der Waals surface area contributed by atoms with E-state index in [1.165, 1.54) is 6.08 Å². The number of halogens is 1. The van der Waals surface area contributed by atoms with Crippen LogP contribution in [0, 0.1) is 0 Å². The lowest BCUT2D eigenvalue weighted by Crippen LogP contribution is -2.41. The van der Waals surface area contributed by atoms with Crippen LogP contribution in [0.1, 0.15) is 11.1 Å². The second-order valence-electron chi connectivity index (χ2n) is 8.78. The van der Waals surface area contributed by atoms with Crippen molar-refractivity contribution >= 4 is 46.1 Å². The number of aliphatic carboxylic acids is 1. The molecule has 0 saturated carbocycles. The Kier molecular flexibility index (Phi) is 6.97. The van der Waals surface area contributed by atoms with Crippen molar-refractivity contribution in [1.29, 1.82) is 0 Å². The van der Waals surface area contributed by atoms with Crippen LogP contribution < -0.4 is 11.1 Å². The number of nitrogens with two attached hydrogens (primary N) is 1. The second-order valence-corrected chi connectivity index (χ2v) is 9.21. The zero-order valence-corrected chi connectivity index (χ0v) is 20.9. The molecule has 2 aromatic heterocycles. The van der Waals surface area contributed by atoms with Gasteiger partial charge in [0.25, 0.3) is 0 Å². The standard InChI is InChI=1S/C29H24ClN5O3/c30-21-4-3-5-23(15-21)35-17-19(28(34-35)18-8-11-22(31)12-9-18)10-13-27(36)33-26(29(37)38)14-20-16-32-25-7-2-1-6-24(20)25/h1-13,15-17,26,32H,14,31H2,(H,33,36)(H,37,38)/b13-10-. The Balaban J connectivity index is 1.40. The van der Waals surface area contributed by atoms with E-state index in [4.69, 9.17) is 22.4 Å². The van der Waals surface area contributed by atoms with E-state index in [9.17, 15) is 14.7 Å². The summed E-state index contributed by atoms with van der Waals surface area (Å²) in [5, 5.41) is 18.6. The Bertz CT molecular complexity index is 1650. The highest BCUT2D eigenvalue weighted by atomic mass is 35.5. The first-order valence-electron chi connectivity index (χ1n) is 11.9. The highest BCUT2D eigenvalue weighted by Crippen LogP contribution is 2.26. The van der Waals surface area contributed by atoms with E-state index in [-0.39, 0.29) is 6.42 Å². The van der Waals surface area contributed by atoms with Gasteiger partial charge in [-0.25, -0.2) is 9.48 Å². The summed E-state index contributed by atoms with van der Waals surface area (Å²) in [6.07, 6.45) is 6.61. The first-order chi connectivity index (χ1) is 18.4. The number of H-pyrrole nitrogens is 1. The lowest BCUT2D eigenvalue weighted by Gasteiger charge is -2.12. The lowest BCUT2D eigenvalue weighted by molar-refractivity contribution is -0.141. The van der Waals surface area contributed by atoms with Gasteiger partial charge in [0.2, 0.25) is 5.91 Å². The molecule has 8 nitrogen and oxygen atoms in total. The first kappa shape index (κ1) is 24.9. The summed E-state index contributed by atoms with van der Waals surface area (Å²) in [6.45, 7) is 0. The summed E-state index contributed by atoms with van der Waals surface area (Å²) < 4.78 is 1.67. The van der Waals surface area contributed by atoms with Crippen molar-refractivity contribution in [1.82, 2.24) is 20.1 Å². The first-order valence-corrected chi connectivity index (χ1v) is 12.2. The highest BCUT2D eigenvalue weighted by Gasteiger charge is 2.21. The van der Waals surface area contributed by atoms with Crippen molar-refractivity contribution in [2.75, 3.05) is 5.73 Å². The van der Waals surface area contributed by atoms with E-state index in [2.05, 4.69) is 10.3 Å². The Hall–Kier alpha value is -4.82. The molecule has 0 aliphatic carbocycles. The molecular formula is C29H24ClN5O3. The van der Waals surface area contributed by atoms with Gasteiger partial charge in [0.05, 0.1) is 11.4 Å². The number of nitrogens with one attached hydrogen (secondary N) is 2. The number of aromatic nitrogens is 3. The third kappa shape index (κ3) is 5.45. The van der Waals surface area contributed by atoms with E-state index in [0.717, 1.165) is 27.7 Å². The smallest absolute Gasteiger partial charge is 0.326 e. The zero-order chi connectivity index (χ0) is 26.6. The molecule has 9 heteroatoms. The largest absolute Gasteiger partial charge is 0.480 e. The summed E-state index contributed by atoms with van der Waals surface area (Å²) in [5.74, 6) is -1.65. The number of carboxylic acids is 1. The quantitative estimate of drug-likeness (QED) is 0.166. The van der Waals surface area contributed by atoms with Crippen LogP contribution in [0.2, 0.25) is 5.02 Å². The number of amides is 1. The minimum atomic E-state index is -1.12. The van der Waals surface area contributed by atoms with Gasteiger partial charge in [0, 0.05) is 57.6 Å². The van der Waals surface area contributed by atoms with Crippen LogP contribution in [0.5, 0.6) is 0 Å². The average Bonchev–Trinajstić information content (AvgIpc) is 3.52. The summed E-state index contributed by atoms with van der Waals surface area (Å²) in [4.78, 5) is 27.9. The van der Waals surface area contributed by atoms with Crippen molar-refractivity contribution in [3.63, 3.8) is 0 Å². The van der Waals surface area contributed by atoms with Crippen molar-refractivity contribution in [2.24, 2.45) is 0 Å². The number of benzene rings is 3. The number of nitrogen functional groups attached to an aromatic ring is 1. The topological polar surface area (TPSA) is 126 Å². The predicted octanol–water partition coefficient (Wildman–Crippen LogP) is 5.08. The number of carboxylic acid groups (broad SMARTS) is 1. The average molecular weight is 526 g/mol. The third-order valence-corrected chi connectivity index (χ3v) is 6.36. The van der Waals surface area contributed by atoms with Gasteiger partial charge in [-0.3, -0.25) is 4.79 Å². The van der Waals surface area contributed by atoms with Crippen LogP contribution in [-0.4, -0.2) is 37.8 Å². The van der Waals surface area contributed by atoms with Crippen molar-refractivity contribution in [3.8, 4) is 16.9 Å². The number of nitrogens with zero attached hydrogens (tertiary/aromatic N) is 2. The Morgan fingerprint density at radius 1 is 1.11 bits per heavy atom. The number of carbonyl (C=O) groups excluding carboxylic acids is 1. The number of rotatable bonds is 8. The number of fused-ring (bicyclic) bond motifs is 1. The third-order valence-electron chi connectivity index (χ3n) is 6.13. The SMILES string of the molecule is Nc1ccc(-c2nn(-c3cccc(Cl)c3)cc2/C=C\C(=O)NC(Cc2c[nH]c3ccccc23)C(=O)O)cc1. The lowest BCUT2D eigenvalue weighted by atomic mass is 10.0. The minimum absolute atomic E-state index is 0.141. The van der Waals surface area contributed by atoms with Gasteiger partial charge in [-0.2, -0.15) is 5.10 Å². The summed E-state index contributed by atoms with van der Waals surface area (Å²) in [7, 11) is 0. The molecule has 3 aromatic carbocycles. The van der Waals surface area contributed by atoms with Gasteiger partial charge in [0.15, 0.2) is 0 Å². The molecule has 190 valence electrons. The van der Waals surface area contributed by atoms with Gasteiger partial charge in [-0.05, 0) is 48.0 Å². The van der Waals surface area contributed by atoms with Gasteiger partial charge >= 0.3 is 5.97 Å². The van der Waals surface area contributed by atoms with Crippen molar-refractivity contribution < 1.29 is 14.7 Å². The highest BCUT2D eigenvalue weighted by molar-refractivity contribution is 6.30. The number of hydrogen-bond donors (Lipinski definition) is 4. The van der Waals surface area contributed by atoms with Crippen LogP contribution in [0.25, 0.3) is 33.9 Å². The van der Waals surface area contributed by atoms with E-state index < -0.39 is 17.9 Å².